The predicted molar refractivity (Wildman–Crippen MR) is 71.7 cm³/mol. The molecule has 0 bridgehead atoms. The molecule has 4 nitrogen and oxygen atoms in total. The molecule has 0 aliphatic rings. The van der Waals surface area contributed by atoms with Crippen molar-refractivity contribution in [2.24, 2.45) is 0 Å². The molecule has 1 heterocycles. The van der Waals surface area contributed by atoms with E-state index in [1.807, 2.05) is 30.3 Å². The van der Waals surface area contributed by atoms with E-state index < -0.39 is 0 Å². The van der Waals surface area contributed by atoms with Crippen LogP contribution in [0.15, 0.2) is 47.1 Å². The van der Waals surface area contributed by atoms with Gasteiger partial charge in [0.05, 0.1) is 18.4 Å². The minimum absolute atomic E-state index is 0.0600. The number of furan rings is 1. The minimum Gasteiger partial charge on any atom is -0.469 e. The largest absolute Gasteiger partial charge is 0.469 e. The number of aliphatic hydroxyl groups excluding tert-OH is 1. The van der Waals surface area contributed by atoms with Gasteiger partial charge in [-0.15, -0.1) is 0 Å². The second-order valence-corrected chi connectivity index (χ2v) is 4.33. The lowest BCUT2D eigenvalue weighted by molar-refractivity contribution is 0.0706. The lowest BCUT2D eigenvalue weighted by Gasteiger charge is -2.21. The minimum atomic E-state index is -0.121. The molecule has 1 aromatic heterocycles. The van der Waals surface area contributed by atoms with E-state index in [1.54, 1.807) is 17.9 Å². The number of rotatable bonds is 5. The van der Waals surface area contributed by atoms with Crippen LogP contribution in [0.25, 0.3) is 0 Å². The molecule has 2 rings (SSSR count). The summed E-state index contributed by atoms with van der Waals surface area (Å²) in [6.07, 6.45) is 1.50. The van der Waals surface area contributed by atoms with E-state index in [0.717, 1.165) is 5.56 Å². The van der Waals surface area contributed by atoms with Gasteiger partial charge in [0.2, 0.25) is 0 Å². The van der Waals surface area contributed by atoms with Gasteiger partial charge in [0.15, 0.2) is 0 Å². The van der Waals surface area contributed by atoms with Gasteiger partial charge in [-0.3, -0.25) is 4.79 Å². The van der Waals surface area contributed by atoms with Gasteiger partial charge in [0, 0.05) is 13.1 Å². The maximum absolute atomic E-state index is 12.4. The summed E-state index contributed by atoms with van der Waals surface area (Å²) in [6, 6.07) is 11.4. The average Bonchev–Trinajstić information content (AvgIpc) is 2.85. The van der Waals surface area contributed by atoms with Crippen molar-refractivity contribution in [1.82, 2.24) is 4.90 Å². The smallest absolute Gasteiger partial charge is 0.257 e. The van der Waals surface area contributed by atoms with Crippen LogP contribution in [0.2, 0.25) is 0 Å². The van der Waals surface area contributed by atoms with Gasteiger partial charge >= 0.3 is 0 Å². The molecule has 19 heavy (non-hydrogen) atoms. The Balaban J connectivity index is 2.16. The second-order valence-electron chi connectivity index (χ2n) is 4.33. The summed E-state index contributed by atoms with van der Waals surface area (Å²) in [7, 11) is 0. The molecule has 1 aromatic carbocycles. The number of aliphatic hydroxyl groups is 1. The van der Waals surface area contributed by atoms with E-state index in [9.17, 15) is 4.79 Å². The van der Waals surface area contributed by atoms with Gasteiger partial charge in [-0.05, 0) is 18.6 Å². The molecule has 0 spiro atoms. The first-order valence-electron chi connectivity index (χ1n) is 6.20. The molecular formula is C15H17NO3. The quantitative estimate of drug-likeness (QED) is 0.895. The maximum Gasteiger partial charge on any atom is 0.257 e. The fourth-order valence-electron chi connectivity index (χ4n) is 1.95. The molecule has 0 saturated heterocycles. The summed E-state index contributed by atoms with van der Waals surface area (Å²) in [5.74, 6) is 0.477. The molecule has 1 N–H and O–H groups in total. The van der Waals surface area contributed by atoms with Gasteiger partial charge < -0.3 is 14.4 Å². The molecule has 0 saturated carbocycles. The fraction of sp³-hybridized carbons (Fsp3) is 0.267. The van der Waals surface area contributed by atoms with E-state index in [2.05, 4.69) is 0 Å². The topological polar surface area (TPSA) is 53.7 Å². The van der Waals surface area contributed by atoms with Crippen molar-refractivity contribution in [3.05, 3.63) is 59.5 Å². The van der Waals surface area contributed by atoms with E-state index in [1.165, 1.54) is 6.26 Å². The van der Waals surface area contributed by atoms with Crippen molar-refractivity contribution in [2.75, 3.05) is 13.2 Å². The summed E-state index contributed by atoms with van der Waals surface area (Å²) in [4.78, 5) is 14.0. The van der Waals surface area contributed by atoms with Crippen LogP contribution >= 0.6 is 0 Å². The zero-order valence-electron chi connectivity index (χ0n) is 10.9. The Kier molecular flexibility index (Phi) is 4.36. The second kappa shape index (κ2) is 6.20. The van der Waals surface area contributed by atoms with Crippen LogP contribution in [0.1, 0.15) is 21.7 Å². The van der Waals surface area contributed by atoms with Crippen LogP contribution in [0.3, 0.4) is 0 Å². The molecule has 1 amide bonds. The number of carbonyl (C=O) groups excluding carboxylic acids is 1. The third-order valence-electron chi connectivity index (χ3n) is 2.96. The Bertz CT molecular complexity index is 533. The molecule has 0 aliphatic carbocycles. The number of carbonyl (C=O) groups is 1. The van der Waals surface area contributed by atoms with Crippen LogP contribution in [0.4, 0.5) is 0 Å². The van der Waals surface area contributed by atoms with E-state index >= 15 is 0 Å². The van der Waals surface area contributed by atoms with Crippen LogP contribution in [0.5, 0.6) is 0 Å². The maximum atomic E-state index is 12.4. The average molecular weight is 259 g/mol. The van der Waals surface area contributed by atoms with Crippen LogP contribution in [-0.2, 0) is 6.54 Å². The summed E-state index contributed by atoms with van der Waals surface area (Å²) < 4.78 is 5.15. The van der Waals surface area contributed by atoms with Gasteiger partial charge in [-0.1, -0.05) is 30.3 Å². The molecule has 2 aromatic rings. The molecular weight excluding hydrogens is 242 g/mol. The Morgan fingerprint density at radius 1 is 1.26 bits per heavy atom. The fourth-order valence-corrected chi connectivity index (χ4v) is 1.95. The van der Waals surface area contributed by atoms with Crippen molar-refractivity contribution in [3.8, 4) is 0 Å². The van der Waals surface area contributed by atoms with E-state index in [4.69, 9.17) is 9.52 Å². The third-order valence-corrected chi connectivity index (χ3v) is 2.96. The van der Waals surface area contributed by atoms with E-state index in [0.29, 0.717) is 24.4 Å². The van der Waals surface area contributed by atoms with Crippen molar-refractivity contribution in [1.29, 1.82) is 0 Å². The number of hydrogen-bond donors (Lipinski definition) is 1. The van der Waals surface area contributed by atoms with Crippen LogP contribution < -0.4 is 0 Å². The summed E-state index contributed by atoms with van der Waals surface area (Å²) in [5.41, 5.74) is 1.58. The highest BCUT2D eigenvalue weighted by Crippen LogP contribution is 2.14. The normalized spacial score (nSPS) is 10.4. The molecule has 0 aliphatic heterocycles. The monoisotopic (exact) mass is 259 g/mol. The number of nitrogens with zero attached hydrogens (tertiary/aromatic N) is 1. The Hall–Kier alpha value is -2.07. The highest BCUT2D eigenvalue weighted by molar-refractivity contribution is 5.95. The first kappa shape index (κ1) is 13.4. The number of hydrogen-bond acceptors (Lipinski definition) is 3. The molecule has 0 unspecified atom stereocenters. The zero-order chi connectivity index (χ0) is 13.7. The number of benzene rings is 1. The van der Waals surface area contributed by atoms with Crippen molar-refractivity contribution >= 4 is 5.91 Å². The molecule has 4 heteroatoms. The summed E-state index contributed by atoms with van der Waals surface area (Å²) in [6.45, 7) is 2.48. The van der Waals surface area contributed by atoms with Gasteiger partial charge in [-0.25, -0.2) is 0 Å². The standard InChI is InChI=1S/C15H17NO3/c1-12-14(7-10-19-12)15(18)16(8-9-17)11-13-5-3-2-4-6-13/h2-7,10,17H,8-9,11H2,1H3. The van der Waals surface area contributed by atoms with E-state index in [-0.39, 0.29) is 12.5 Å². The van der Waals surface area contributed by atoms with Crippen molar-refractivity contribution in [2.45, 2.75) is 13.5 Å². The SMILES string of the molecule is Cc1occc1C(=O)N(CCO)Cc1ccccc1. The van der Waals surface area contributed by atoms with Gasteiger partial charge in [0.1, 0.15) is 5.76 Å². The lowest BCUT2D eigenvalue weighted by atomic mass is 10.2. The molecule has 0 fully saturated rings. The van der Waals surface area contributed by atoms with Crippen molar-refractivity contribution < 1.29 is 14.3 Å². The first-order valence-corrected chi connectivity index (χ1v) is 6.20. The van der Waals surface area contributed by atoms with Crippen LogP contribution in [0, 0.1) is 6.92 Å². The lowest BCUT2D eigenvalue weighted by Crippen LogP contribution is -2.33. The first-order chi connectivity index (χ1) is 9.22. The molecule has 100 valence electrons. The Labute approximate surface area is 112 Å². The third kappa shape index (κ3) is 3.23. The zero-order valence-corrected chi connectivity index (χ0v) is 10.9. The summed E-state index contributed by atoms with van der Waals surface area (Å²) in [5, 5.41) is 9.11. The van der Waals surface area contributed by atoms with Gasteiger partial charge in [-0.2, -0.15) is 0 Å². The highest BCUT2D eigenvalue weighted by Gasteiger charge is 2.19. The Morgan fingerprint density at radius 2 is 2.00 bits per heavy atom. The number of amides is 1. The number of aryl methyl sites for hydroxylation is 1. The van der Waals surface area contributed by atoms with Gasteiger partial charge in [0.25, 0.3) is 5.91 Å². The highest BCUT2D eigenvalue weighted by atomic mass is 16.3. The summed E-state index contributed by atoms with van der Waals surface area (Å²) >= 11 is 0. The molecule has 0 radical (unpaired) electrons. The predicted octanol–water partition coefficient (Wildman–Crippen LogP) is 2.22. The van der Waals surface area contributed by atoms with Crippen molar-refractivity contribution in [3.63, 3.8) is 0 Å². The Morgan fingerprint density at radius 3 is 2.58 bits per heavy atom. The molecule has 0 atom stereocenters. The van der Waals surface area contributed by atoms with Crippen LogP contribution in [-0.4, -0.2) is 29.1 Å².